The number of benzene rings is 2. The van der Waals surface area contributed by atoms with Gasteiger partial charge in [0.2, 0.25) is 0 Å². The normalized spacial score (nSPS) is 24.2. The molecule has 122 valence electrons. The van der Waals surface area contributed by atoms with Crippen LogP contribution in [0, 0.1) is 12.8 Å². The van der Waals surface area contributed by atoms with Crippen LogP contribution in [0.2, 0.25) is 5.02 Å². The molecule has 2 N–H and O–H groups in total. The van der Waals surface area contributed by atoms with E-state index in [0.29, 0.717) is 11.5 Å². The van der Waals surface area contributed by atoms with E-state index in [1.54, 1.807) is 6.07 Å². The van der Waals surface area contributed by atoms with Gasteiger partial charge in [0.05, 0.1) is 11.6 Å². The lowest BCUT2D eigenvalue weighted by Gasteiger charge is -2.39. The molecule has 1 aliphatic carbocycles. The van der Waals surface area contributed by atoms with Gasteiger partial charge in [-0.25, -0.2) is 4.79 Å². The number of nitrogens with one attached hydrogen (secondary N) is 1. The summed E-state index contributed by atoms with van der Waals surface area (Å²) >= 11 is 6.18. The molecule has 2 aliphatic rings. The van der Waals surface area contributed by atoms with Crippen LogP contribution in [0.25, 0.3) is 0 Å². The lowest BCUT2D eigenvalue weighted by atomic mass is 9.75. The summed E-state index contributed by atoms with van der Waals surface area (Å²) in [5.74, 6) is -0.444. The van der Waals surface area contributed by atoms with Gasteiger partial charge in [-0.3, -0.25) is 0 Å². The first-order valence-corrected chi connectivity index (χ1v) is 8.49. The Balaban J connectivity index is 1.88. The Labute approximate surface area is 146 Å². The molecule has 0 saturated carbocycles. The third kappa shape index (κ3) is 2.31. The zero-order valence-corrected chi connectivity index (χ0v) is 14.0. The molecule has 1 aliphatic heterocycles. The summed E-state index contributed by atoms with van der Waals surface area (Å²) in [7, 11) is 0. The average molecular weight is 340 g/mol. The molecule has 0 radical (unpaired) electrons. The third-order valence-electron chi connectivity index (χ3n) is 5.17. The number of halogens is 1. The average Bonchev–Trinajstić information content (AvgIpc) is 3.04. The molecule has 1 heterocycles. The molecular formula is C20H18ClNO2. The van der Waals surface area contributed by atoms with Crippen molar-refractivity contribution in [2.24, 2.45) is 5.92 Å². The number of hydrogen-bond acceptors (Lipinski definition) is 2. The van der Waals surface area contributed by atoms with Gasteiger partial charge in [-0.1, -0.05) is 42.0 Å². The van der Waals surface area contributed by atoms with E-state index in [4.69, 9.17) is 11.6 Å². The molecular weight excluding hydrogens is 322 g/mol. The Hall–Kier alpha value is -2.26. The van der Waals surface area contributed by atoms with E-state index in [2.05, 4.69) is 23.5 Å². The summed E-state index contributed by atoms with van der Waals surface area (Å²) in [6, 6.07) is 11.6. The van der Waals surface area contributed by atoms with E-state index in [-0.39, 0.29) is 12.0 Å². The van der Waals surface area contributed by atoms with Crippen LogP contribution in [-0.4, -0.2) is 11.1 Å². The van der Waals surface area contributed by atoms with Crippen molar-refractivity contribution < 1.29 is 9.90 Å². The fraction of sp³-hybridized carbons (Fsp3) is 0.250. The number of hydrogen-bond donors (Lipinski definition) is 2. The number of allylic oxidation sites excluding steroid dienone is 2. The second-order valence-corrected chi connectivity index (χ2v) is 6.99. The van der Waals surface area contributed by atoms with Gasteiger partial charge in [0.25, 0.3) is 0 Å². The van der Waals surface area contributed by atoms with Crippen molar-refractivity contribution in [2.75, 3.05) is 5.32 Å². The molecule has 2 unspecified atom stereocenters. The van der Waals surface area contributed by atoms with Gasteiger partial charge < -0.3 is 10.4 Å². The maximum absolute atomic E-state index is 11.7. The molecule has 3 atom stereocenters. The largest absolute Gasteiger partial charge is 0.478 e. The van der Waals surface area contributed by atoms with Crippen LogP contribution in [0.3, 0.4) is 0 Å². The molecule has 24 heavy (non-hydrogen) atoms. The lowest BCUT2D eigenvalue weighted by Crippen LogP contribution is -2.31. The van der Waals surface area contributed by atoms with Crippen molar-refractivity contribution in [1.82, 2.24) is 0 Å². The molecule has 0 spiro atoms. The number of anilines is 1. The van der Waals surface area contributed by atoms with E-state index in [9.17, 15) is 9.90 Å². The number of rotatable bonds is 2. The van der Waals surface area contributed by atoms with Crippen molar-refractivity contribution >= 4 is 23.3 Å². The summed E-state index contributed by atoms with van der Waals surface area (Å²) in [6.07, 6.45) is 5.26. The van der Waals surface area contributed by atoms with Crippen molar-refractivity contribution in [3.8, 4) is 0 Å². The SMILES string of the molecule is Cc1ccc(C(=O)O)c2c1N[C@H](c1cccc(Cl)c1)C1CC=CC21. The molecule has 4 heteroatoms. The highest BCUT2D eigenvalue weighted by Crippen LogP contribution is 2.51. The van der Waals surface area contributed by atoms with E-state index in [0.717, 1.165) is 33.8 Å². The predicted octanol–water partition coefficient (Wildman–Crippen LogP) is 5.17. The first-order valence-electron chi connectivity index (χ1n) is 8.11. The fourth-order valence-corrected chi connectivity index (χ4v) is 4.27. The van der Waals surface area contributed by atoms with Gasteiger partial charge >= 0.3 is 5.97 Å². The number of fused-ring (bicyclic) bond motifs is 3. The van der Waals surface area contributed by atoms with Crippen molar-refractivity contribution in [2.45, 2.75) is 25.3 Å². The molecule has 4 rings (SSSR count). The Morgan fingerprint density at radius 2 is 2.12 bits per heavy atom. The van der Waals surface area contributed by atoms with Crippen LogP contribution >= 0.6 is 11.6 Å². The number of carboxylic acid groups (broad SMARTS) is 1. The van der Waals surface area contributed by atoms with Gasteiger partial charge in [0, 0.05) is 16.6 Å². The van der Waals surface area contributed by atoms with E-state index in [1.165, 1.54) is 0 Å². The molecule has 0 fully saturated rings. The Kier molecular flexibility index (Phi) is 3.61. The second-order valence-electron chi connectivity index (χ2n) is 6.55. The highest BCUT2D eigenvalue weighted by molar-refractivity contribution is 6.30. The zero-order chi connectivity index (χ0) is 16.8. The second kappa shape index (κ2) is 5.67. The van der Waals surface area contributed by atoms with Crippen molar-refractivity contribution in [3.63, 3.8) is 0 Å². The minimum atomic E-state index is -0.867. The standard InChI is InChI=1S/C20H18ClNO2/c1-11-8-9-16(20(23)24)17-14-6-3-7-15(14)19(22-18(11)17)12-4-2-5-13(21)10-12/h2-6,8-10,14-15,19,22H,7H2,1H3,(H,23,24)/t14?,15?,19-/m1/s1. The Morgan fingerprint density at radius 3 is 2.88 bits per heavy atom. The van der Waals surface area contributed by atoms with Crippen LogP contribution in [0.5, 0.6) is 0 Å². The summed E-state index contributed by atoms with van der Waals surface area (Å²) in [5.41, 5.74) is 4.48. The number of aryl methyl sites for hydroxylation is 1. The molecule has 0 aromatic heterocycles. The minimum absolute atomic E-state index is 0.122. The van der Waals surface area contributed by atoms with Crippen LogP contribution in [0.1, 0.15) is 45.4 Å². The summed E-state index contributed by atoms with van der Waals surface area (Å²) in [6.45, 7) is 2.02. The summed E-state index contributed by atoms with van der Waals surface area (Å²) in [5, 5.41) is 13.9. The monoisotopic (exact) mass is 339 g/mol. The predicted molar refractivity (Wildman–Crippen MR) is 95.9 cm³/mol. The van der Waals surface area contributed by atoms with Gasteiger partial charge in [0.1, 0.15) is 0 Å². The molecule has 2 aromatic carbocycles. The smallest absolute Gasteiger partial charge is 0.336 e. The van der Waals surface area contributed by atoms with Crippen LogP contribution in [0.15, 0.2) is 48.6 Å². The van der Waals surface area contributed by atoms with E-state index < -0.39 is 5.97 Å². The highest BCUT2D eigenvalue weighted by Gasteiger charge is 2.40. The van der Waals surface area contributed by atoms with Crippen LogP contribution in [0.4, 0.5) is 5.69 Å². The Morgan fingerprint density at radius 1 is 1.29 bits per heavy atom. The van der Waals surface area contributed by atoms with Gasteiger partial charge in [0.15, 0.2) is 0 Å². The first kappa shape index (κ1) is 15.3. The number of carboxylic acids is 1. The first-order chi connectivity index (χ1) is 11.6. The lowest BCUT2D eigenvalue weighted by molar-refractivity contribution is 0.0695. The molecule has 0 bridgehead atoms. The van der Waals surface area contributed by atoms with E-state index in [1.807, 2.05) is 31.2 Å². The molecule has 3 nitrogen and oxygen atoms in total. The maximum Gasteiger partial charge on any atom is 0.336 e. The molecule has 0 amide bonds. The Bertz CT molecular complexity index is 859. The summed E-state index contributed by atoms with van der Waals surface area (Å²) in [4.78, 5) is 11.7. The third-order valence-corrected chi connectivity index (χ3v) is 5.40. The fourth-order valence-electron chi connectivity index (χ4n) is 4.07. The topological polar surface area (TPSA) is 49.3 Å². The number of aromatic carboxylic acids is 1. The van der Waals surface area contributed by atoms with Crippen molar-refractivity contribution in [3.05, 3.63) is 75.8 Å². The van der Waals surface area contributed by atoms with Gasteiger partial charge in [-0.2, -0.15) is 0 Å². The zero-order valence-electron chi connectivity index (χ0n) is 13.3. The van der Waals surface area contributed by atoms with Crippen LogP contribution in [-0.2, 0) is 0 Å². The van der Waals surface area contributed by atoms with Gasteiger partial charge in [-0.05, 0) is 54.2 Å². The molecule has 2 aromatic rings. The minimum Gasteiger partial charge on any atom is -0.478 e. The quantitative estimate of drug-likeness (QED) is 0.742. The van der Waals surface area contributed by atoms with Gasteiger partial charge in [-0.15, -0.1) is 0 Å². The van der Waals surface area contributed by atoms with Crippen molar-refractivity contribution in [1.29, 1.82) is 0 Å². The highest BCUT2D eigenvalue weighted by atomic mass is 35.5. The van der Waals surface area contributed by atoms with E-state index >= 15 is 0 Å². The summed E-state index contributed by atoms with van der Waals surface area (Å²) < 4.78 is 0. The number of carbonyl (C=O) groups is 1. The maximum atomic E-state index is 11.7. The van der Waals surface area contributed by atoms with Crippen LogP contribution < -0.4 is 5.32 Å². The molecule has 0 saturated heterocycles.